The zero-order valence-electron chi connectivity index (χ0n) is 20.9. The van der Waals surface area contributed by atoms with Crippen LogP contribution in [-0.4, -0.2) is 56.1 Å². The molecule has 1 unspecified atom stereocenters. The van der Waals surface area contributed by atoms with Gasteiger partial charge in [-0.3, -0.25) is 4.79 Å². The number of nitrogens with one attached hydrogen (secondary N) is 1. The summed E-state index contributed by atoms with van der Waals surface area (Å²) in [5.41, 5.74) is 4.33. The Kier molecular flexibility index (Phi) is 8.12. The summed E-state index contributed by atoms with van der Waals surface area (Å²) in [5, 5.41) is 1.84. The minimum atomic E-state index is -0.306. The van der Waals surface area contributed by atoms with Gasteiger partial charge in [-0.1, -0.05) is 23.7 Å². The summed E-state index contributed by atoms with van der Waals surface area (Å²) < 4.78 is 33.5. The first-order valence-electron chi connectivity index (χ1n) is 12.3. The minimum Gasteiger partial charge on any atom is -0.497 e. The van der Waals surface area contributed by atoms with Gasteiger partial charge < -0.3 is 28.8 Å². The number of carbonyl (C=O) groups excluding carboxylic acids is 1. The molecule has 0 saturated carbocycles. The normalized spacial score (nSPS) is 17.0. The Morgan fingerprint density at radius 1 is 1.05 bits per heavy atom. The van der Waals surface area contributed by atoms with Crippen LogP contribution in [0.1, 0.15) is 22.9 Å². The first-order valence-corrected chi connectivity index (χ1v) is 12.7. The van der Waals surface area contributed by atoms with Crippen LogP contribution in [0.4, 0.5) is 4.39 Å². The largest absolute Gasteiger partial charge is 0.497 e. The van der Waals surface area contributed by atoms with E-state index in [2.05, 4.69) is 4.98 Å². The number of aromatic amines is 1. The average Bonchev–Trinajstić information content (AvgIpc) is 3.60. The lowest BCUT2D eigenvalue weighted by Gasteiger charge is -2.33. The van der Waals surface area contributed by atoms with E-state index in [-0.39, 0.29) is 18.1 Å². The molecule has 0 aliphatic carbocycles. The molecule has 1 amide bonds. The second-order valence-corrected chi connectivity index (χ2v) is 9.35. The third-order valence-electron chi connectivity index (χ3n) is 6.58. The molecule has 3 heterocycles. The van der Waals surface area contributed by atoms with Gasteiger partial charge in [0.2, 0.25) is 6.41 Å². The van der Waals surface area contributed by atoms with Crippen LogP contribution in [-0.2, 0) is 20.7 Å². The number of halogens is 2. The number of aromatic nitrogens is 1. The molecule has 1 atom stereocenters. The average molecular weight is 539 g/mol. The molecule has 1 fully saturated rings. The summed E-state index contributed by atoms with van der Waals surface area (Å²) in [6.45, 7) is 2.23. The summed E-state index contributed by atoms with van der Waals surface area (Å²) in [6.07, 6.45) is 1.41. The van der Waals surface area contributed by atoms with Crippen LogP contribution in [0.25, 0.3) is 10.9 Å². The number of amides is 1. The van der Waals surface area contributed by atoms with Gasteiger partial charge in [-0.05, 0) is 72.1 Å². The van der Waals surface area contributed by atoms with Gasteiger partial charge in [0.05, 0.1) is 26.4 Å². The SMILES string of the molecule is COc1ccc(F)cc1.O=CN1CCc2c([nH]c3ccc(Cl)cc23)C1c1ccc(OCC2OCCO2)cc1. The fourth-order valence-corrected chi connectivity index (χ4v) is 4.91. The van der Waals surface area contributed by atoms with Crippen LogP contribution in [0.3, 0.4) is 0 Å². The molecule has 0 radical (unpaired) electrons. The lowest BCUT2D eigenvalue weighted by molar-refractivity contribution is -0.120. The Labute approximate surface area is 225 Å². The summed E-state index contributed by atoms with van der Waals surface area (Å²) in [4.78, 5) is 17.1. The van der Waals surface area contributed by atoms with Gasteiger partial charge in [-0.2, -0.15) is 0 Å². The highest BCUT2D eigenvalue weighted by molar-refractivity contribution is 6.31. The molecule has 4 aromatic rings. The van der Waals surface area contributed by atoms with Crippen molar-refractivity contribution in [1.82, 2.24) is 9.88 Å². The van der Waals surface area contributed by atoms with Crippen molar-refractivity contribution in [3.05, 3.63) is 94.4 Å². The quantitative estimate of drug-likeness (QED) is 0.328. The predicted molar refractivity (Wildman–Crippen MR) is 142 cm³/mol. The third-order valence-corrected chi connectivity index (χ3v) is 6.82. The number of benzene rings is 3. The number of nitrogens with zero attached hydrogens (tertiary/aromatic N) is 1. The molecule has 198 valence electrons. The van der Waals surface area contributed by atoms with Gasteiger partial charge in [0.1, 0.15) is 23.9 Å². The molecule has 0 bridgehead atoms. The number of hydrogen-bond acceptors (Lipinski definition) is 5. The monoisotopic (exact) mass is 538 g/mol. The molecule has 3 aromatic carbocycles. The molecule has 1 N–H and O–H groups in total. The highest BCUT2D eigenvalue weighted by Crippen LogP contribution is 2.38. The Morgan fingerprint density at radius 3 is 2.45 bits per heavy atom. The summed E-state index contributed by atoms with van der Waals surface area (Å²) in [7, 11) is 1.55. The zero-order chi connectivity index (χ0) is 26.5. The van der Waals surface area contributed by atoms with Crippen molar-refractivity contribution in [3.8, 4) is 11.5 Å². The second kappa shape index (κ2) is 11.9. The van der Waals surface area contributed by atoms with E-state index in [0.717, 1.165) is 40.7 Å². The van der Waals surface area contributed by atoms with Crippen molar-refractivity contribution < 1.29 is 28.1 Å². The van der Waals surface area contributed by atoms with E-state index in [9.17, 15) is 9.18 Å². The van der Waals surface area contributed by atoms with Crippen LogP contribution < -0.4 is 9.47 Å². The Hall–Kier alpha value is -3.59. The van der Waals surface area contributed by atoms with Crippen molar-refractivity contribution >= 4 is 28.9 Å². The molecule has 2 aliphatic heterocycles. The highest BCUT2D eigenvalue weighted by atomic mass is 35.5. The van der Waals surface area contributed by atoms with E-state index < -0.39 is 0 Å². The molecule has 7 nitrogen and oxygen atoms in total. The maximum Gasteiger partial charge on any atom is 0.210 e. The number of methoxy groups -OCH3 is 1. The van der Waals surface area contributed by atoms with Crippen molar-refractivity contribution in [3.63, 3.8) is 0 Å². The van der Waals surface area contributed by atoms with E-state index in [1.807, 2.05) is 47.4 Å². The number of ether oxygens (including phenoxy) is 4. The van der Waals surface area contributed by atoms with Gasteiger partial charge in [0, 0.05) is 28.2 Å². The summed E-state index contributed by atoms with van der Waals surface area (Å²) in [6, 6.07) is 19.4. The summed E-state index contributed by atoms with van der Waals surface area (Å²) in [5.74, 6) is 1.18. The maximum absolute atomic E-state index is 12.2. The number of fused-ring (bicyclic) bond motifs is 3. The highest BCUT2D eigenvalue weighted by Gasteiger charge is 2.31. The van der Waals surface area contributed by atoms with E-state index in [0.29, 0.717) is 37.1 Å². The van der Waals surface area contributed by atoms with E-state index >= 15 is 0 Å². The number of carbonyl (C=O) groups is 1. The van der Waals surface area contributed by atoms with Crippen LogP contribution in [0.15, 0.2) is 66.7 Å². The first kappa shape index (κ1) is 26.0. The van der Waals surface area contributed by atoms with Gasteiger partial charge >= 0.3 is 0 Å². The Bertz CT molecular complexity index is 1370. The summed E-state index contributed by atoms with van der Waals surface area (Å²) >= 11 is 6.21. The maximum atomic E-state index is 12.2. The van der Waals surface area contributed by atoms with Crippen molar-refractivity contribution in [2.45, 2.75) is 18.8 Å². The molecule has 0 spiro atoms. The van der Waals surface area contributed by atoms with E-state index in [1.54, 1.807) is 19.2 Å². The number of H-pyrrole nitrogens is 1. The number of rotatable bonds is 6. The zero-order valence-corrected chi connectivity index (χ0v) is 21.6. The number of hydrogen-bond donors (Lipinski definition) is 1. The molecule has 6 rings (SSSR count). The predicted octanol–water partition coefficient (Wildman–Crippen LogP) is 5.51. The van der Waals surface area contributed by atoms with Gasteiger partial charge in [0.15, 0.2) is 6.29 Å². The van der Waals surface area contributed by atoms with E-state index in [1.165, 1.54) is 17.7 Å². The third kappa shape index (κ3) is 5.78. The van der Waals surface area contributed by atoms with Gasteiger partial charge in [-0.15, -0.1) is 0 Å². The fraction of sp³-hybridized carbons (Fsp3) is 0.276. The molecular weight excluding hydrogens is 511 g/mol. The van der Waals surface area contributed by atoms with Crippen LogP contribution in [0, 0.1) is 5.82 Å². The Morgan fingerprint density at radius 2 is 1.76 bits per heavy atom. The van der Waals surface area contributed by atoms with Crippen molar-refractivity contribution in [2.24, 2.45) is 0 Å². The molecule has 2 aliphatic rings. The van der Waals surface area contributed by atoms with E-state index in [4.69, 9.17) is 30.5 Å². The lowest BCUT2D eigenvalue weighted by atomic mass is 9.93. The topological polar surface area (TPSA) is 73.0 Å². The molecule has 9 heteroatoms. The van der Waals surface area contributed by atoms with Crippen LogP contribution in [0.5, 0.6) is 11.5 Å². The molecule has 38 heavy (non-hydrogen) atoms. The molecule has 1 saturated heterocycles. The fourth-order valence-electron chi connectivity index (χ4n) is 4.74. The minimum absolute atomic E-state index is 0.169. The molecule has 1 aromatic heterocycles. The van der Waals surface area contributed by atoms with Gasteiger partial charge in [0.25, 0.3) is 0 Å². The van der Waals surface area contributed by atoms with Crippen LogP contribution >= 0.6 is 11.6 Å². The van der Waals surface area contributed by atoms with Gasteiger partial charge in [-0.25, -0.2) is 4.39 Å². The van der Waals surface area contributed by atoms with Crippen LogP contribution in [0.2, 0.25) is 5.02 Å². The second-order valence-electron chi connectivity index (χ2n) is 8.91. The standard InChI is InChI=1S/C22H21ClN2O4.C7H7FO/c23-15-3-6-19-18(11-15)17-7-8-25(13-26)22(21(17)24-19)14-1-4-16(5-2-14)29-12-20-27-9-10-28-20;1-9-7-4-2-6(8)3-5-7/h1-6,11,13,20,22,24H,7-10,12H2;2-5H,1H3. The van der Waals surface area contributed by atoms with Crippen molar-refractivity contribution in [1.29, 1.82) is 0 Å². The lowest BCUT2D eigenvalue weighted by Crippen LogP contribution is -2.34. The smallest absolute Gasteiger partial charge is 0.210 e. The first-order chi connectivity index (χ1) is 18.6. The molecular formula is C29H28ClFN2O5. The van der Waals surface area contributed by atoms with Crippen molar-refractivity contribution in [2.75, 3.05) is 33.5 Å². The Balaban J connectivity index is 0.000000278.